The van der Waals surface area contributed by atoms with Crippen molar-refractivity contribution < 1.29 is 34.0 Å². The van der Waals surface area contributed by atoms with Crippen molar-refractivity contribution in [3.05, 3.63) is 0 Å². The second-order valence-electron chi connectivity index (χ2n) is 8.70. The molecule has 1 amide bonds. The molecule has 8 nitrogen and oxygen atoms in total. The molecular weight excluding hydrogens is 366 g/mol. The highest BCUT2D eigenvalue weighted by molar-refractivity contribution is 5.66. The van der Waals surface area contributed by atoms with Gasteiger partial charge in [-0.3, -0.25) is 0 Å². The second kappa shape index (κ2) is 8.44. The van der Waals surface area contributed by atoms with Gasteiger partial charge in [-0.25, -0.2) is 4.79 Å². The molecule has 1 saturated carbocycles. The number of alkyl carbamates (subject to hydrolysis) is 1. The Morgan fingerprint density at radius 2 is 1.96 bits per heavy atom. The fourth-order valence-corrected chi connectivity index (χ4v) is 5.24. The van der Waals surface area contributed by atoms with E-state index >= 15 is 0 Å². The number of rotatable bonds is 5. The Morgan fingerprint density at radius 3 is 2.68 bits per heavy atom. The molecule has 0 radical (unpaired) electrons. The van der Waals surface area contributed by atoms with Crippen molar-refractivity contribution in [2.75, 3.05) is 19.8 Å². The maximum Gasteiger partial charge on any atom is 0.407 e. The third kappa shape index (κ3) is 4.16. The smallest absolute Gasteiger partial charge is 0.407 e. The molecule has 0 bridgehead atoms. The van der Waals surface area contributed by atoms with E-state index in [1.807, 2.05) is 6.92 Å². The molecule has 3 fully saturated rings. The molecule has 3 aliphatic rings. The molecule has 4 unspecified atom stereocenters. The molecule has 28 heavy (non-hydrogen) atoms. The summed E-state index contributed by atoms with van der Waals surface area (Å²) in [6.07, 6.45) is 1.04. The van der Waals surface area contributed by atoms with Crippen molar-refractivity contribution in [1.29, 1.82) is 0 Å². The molecule has 0 spiro atoms. The first-order valence-electron chi connectivity index (χ1n) is 10.5. The van der Waals surface area contributed by atoms with Crippen molar-refractivity contribution in [1.82, 2.24) is 5.32 Å². The highest BCUT2D eigenvalue weighted by atomic mass is 16.8. The molecule has 0 aromatic heterocycles. The van der Waals surface area contributed by atoms with Crippen LogP contribution in [0.3, 0.4) is 0 Å². The average Bonchev–Trinajstić information content (AvgIpc) is 2.71. The minimum Gasteiger partial charge on any atom is -0.450 e. The zero-order chi connectivity index (χ0) is 20.5. The van der Waals surface area contributed by atoms with E-state index in [-0.39, 0.29) is 24.4 Å². The van der Waals surface area contributed by atoms with Gasteiger partial charge in [0.15, 0.2) is 18.4 Å². The van der Waals surface area contributed by atoms with E-state index in [1.54, 1.807) is 13.8 Å². The predicted octanol–water partition coefficient (Wildman–Crippen LogP) is 1.98. The second-order valence-corrected chi connectivity index (χ2v) is 8.70. The number of amides is 1. The molecule has 162 valence electrons. The number of aliphatic hydroxyl groups is 2. The van der Waals surface area contributed by atoms with E-state index < -0.39 is 30.1 Å². The van der Waals surface area contributed by atoms with Gasteiger partial charge in [-0.2, -0.15) is 0 Å². The summed E-state index contributed by atoms with van der Waals surface area (Å²) in [6, 6.07) is 0. The van der Waals surface area contributed by atoms with Crippen LogP contribution >= 0.6 is 0 Å². The number of ether oxygens (including phenoxy) is 4. The van der Waals surface area contributed by atoms with E-state index in [2.05, 4.69) is 12.2 Å². The van der Waals surface area contributed by atoms with Crippen LogP contribution in [0, 0.1) is 23.7 Å². The van der Waals surface area contributed by atoms with E-state index in [0.717, 1.165) is 12.8 Å². The normalized spacial score (nSPS) is 45.6. The van der Waals surface area contributed by atoms with E-state index in [0.29, 0.717) is 31.9 Å². The lowest BCUT2D eigenvalue weighted by Crippen LogP contribution is -2.67. The summed E-state index contributed by atoms with van der Waals surface area (Å²) in [5, 5.41) is 24.9. The minimum atomic E-state index is -1.35. The van der Waals surface area contributed by atoms with Crippen molar-refractivity contribution in [2.24, 2.45) is 23.7 Å². The van der Waals surface area contributed by atoms with Crippen molar-refractivity contribution >= 4 is 6.09 Å². The van der Waals surface area contributed by atoms with Gasteiger partial charge < -0.3 is 34.5 Å². The van der Waals surface area contributed by atoms with Gasteiger partial charge in [-0.15, -0.1) is 0 Å². The molecule has 0 aromatic rings. The molecule has 3 rings (SSSR count). The number of hydrogen-bond acceptors (Lipinski definition) is 7. The van der Waals surface area contributed by atoms with Gasteiger partial charge in [-0.05, 0) is 44.9 Å². The minimum absolute atomic E-state index is 0.0131. The Labute approximate surface area is 166 Å². The molecule has 2 saturated heterocycles. The molecule has 3 N–H and O–H groups in total. The Hall–Kier alpha value is -0.930. The Bertz CT molecular complexity index is 557. The van der Waals surface area contributed by atoms with Gasteiger partial charge in [0.2, 0.25) is 0 Å². The maximum absolute atomic E-state index is 11.8. The fourth-order valence-electron chi connectivity index (χ4n) is 5.24. The van der Waals surface area contributed by atoms with E-state index in [4.69, 9.17) is 18.9 Å². The monoisotopic (exact) mass is 401 g/mol. The van der Waals surface area contributed by atoms with Crippen LogP contribution in [0.5, 0.6) is 0 Å². The third-order valence-corrected chi connectivity index (χ3v) is 6.72. The quantitative estimate of drug-likeness (QED) is 0.605. The van der Waals surface area contributed by atoms with Gasteiger partial charge in [0.25, 0.3) is 0 Å². The zero-order valence-electron chi connectivity index (χ0n) is 17.3. The van der Waals surface area contributed by atoms with Crippen LogP contribution in [-0.2, 0) is 18.9 Å². The lowest BCUT2D eigenvalue weighted by molar-refractivity contribution is -0.407. The number of nitrogens with one attached hydrogen (secondary N) is 1. The number of carbonyl (C=O) groups is 1. The van der Waals surface area contributed by atoms with Crippen LogP contribution < -0.4 is 5.32 Å². The van der Waals surface area contributed by atoms with E-state index in [1.165, 1.54) is 0 Å². The van der Waals surface area contributed by atoms with Crippen molar-refractivity contribution in [3.8, 4) is 0 Å². The van der Waals surface area contributed by atoms with Gasteiger partial charge in [-0.1, -0.05) is 13.8 Å². The standard InChI is InChI=1S/C20H35NO7/c1-5-25-18(22)21-10-11-26-16-13(3)15-7-6-12(2)14-8-9-19(4,23)28-17(27-16)20(14,15)24/h12-17,23-24H,5-11H2,1-4H3,(H,21,22)/t12-,13-,14?,15?,16?,17-,19?,20-/m1/s1. The SMILES string of the molecule is CCOC(=O)NCCOC1O[C@@H]2OC(C)(O)CCC3[C@H](C)CCC([C@H]1C)[C@]32O. The van der Waals surface area contributed by atoms with Gasteiger partial charge in [0, 0.05) is 24.8 Å². The van der Waals surface area contributed by atoms with Crippen molar-refractivity contribution in [2.45, 2.75) is 77.3 Å². The summed E-state index contributed by atoms with van der Waals surface area (Å²) in [5.74, 6) is -1.07. The highest BCUT2D eigenvalue weighted by Crippen LogP contribution is 2.55. The summed E-state index contributed by atoms with van der Waals surface area (Å²) >= 11 is 0. The Kier molecular flexibility index (Phi) is 6.56. The maximum atomic E-state index is 11.8. The summed E-state index contributed by atoms with van der Waals surface area (Å²) in [7, 11) is 0. The van der Waals surface area contributed by atoms with Gasteiger partial charge in [0.05, 0.1) is 13.2 Å². The first kappa shape index (κ1) is 21.8. The Morgan fingerprint density at radius 1 is 1.21 bits per heavy atom. The third-order valence-electron chi connectivity index (χ3n) is 6.72. The molecular formula is C20H35NO7. The van der Waals surface area contributed by atoms with Crippen LogP contribution in [0.1, 0.15) is 53.4 Å². The molecule has 2 aliphatic heterocycles. The molecule has 1 aliphatic carbocycles. The highest BCUT2D eigenvalue weighted by Gasteiger charge is 2.63. The summed E-state index contributed by atoms with van der Waals surface area (Å²) < 4.78 is 22.6. The zero-order valence-corrected chi connectivity index (χ0v) is 17.3. The summed E-state index contributed by atoms with van der Waals surface area (Å²) in [5.41, 5.74) is -1.14. The Balaban J connectivity index is 1.70. The summed E-state index contributed by atoms with van der Waals surface area (Å²) in [6.45, 7) is 8.41. The summed E-state index contributed by atoms with van der Waals surface area (Å²) in [4.78, 5) is 11.4. The van der Waals surface area contributed by atoms with Crippen LogP contribution in [0.4, 0.5) is 4.79 Å². The number of carbonyl (C=O) groups excluding carboxylic acids is 1. The van der Waals surface area contributed by atoms with Crippen LogP contribution in [-0.4, -0.2) is 60.0 Å². The van der Waals surface area contributed by atoms with Crippen molar-refractivity contribution in [3.63, 3.8) is 0 Å². The fraction of sp³-hybridized carbons (Fsp3) is 0.950. The van der Waals surface area contributed by atoms with E-state index in [9.17, 15) is 15.0 Å². The van der Waals surface area contributed by atoms with Crippen LogP contribution in [0.2, 0.25) is 0 Å². The largest absolute Gasteiger partial charge is 0.450 e. The predicted molar refractivity (Wildman–Crippen MR) is 100 cm³/mol. The molecule has 8 heteroatoms. The average molecular weight is 402 g/mol. The molecule has 2 heterocycles. The van der Waals surface area contributed by atoms with Crippen LogP contribution in [0.15, 0.2) is 0 Å². The first-order chi connectivity index (χ1) is 13.2. The lowest BCUT2D eigenvalue weighted by Gasteiger charge is -2.57. The molecule has 0 aromatic carbocycles. The van der Waals surface area contributed by atoms with Gasteiger partial charge in [0.1, 0.15) is 5.60 Å². The molecule has 8 atom stereocenters. The number of hydrogen-bond donors (Lipinski definition) is 3. The lowest BCUT2D eigenvalue weighted by atomic mass is 9.58. The van der Waals surface area contributed by atoms with Gasteiger partial charge >= 0.3 is 6.09 Å². The van der Waals surface area contributed by atoms with Crippen LogP contribution in [0.25, 0.3) is 0 Å². The topological polar surface area (TPSA) is 106 Å². The first-order valence-corrected chi connectivity index (χ1v) is 10.5.